The predicted molar refractivity (Wildman–Crippen MR) is 71.3 cm³/mol. The Hall–Kier alpha value is -1.47. The zero-order valence-electron chi connectivity index (χ0n) is 9.40. The van der Waals surface area contributed by atoms with Gasteiger partial charge in [-0.15, -0.1) is 0 Å². The standard InChI is InChI=1S/C12H8BrF2NO2S/c13-10-2-1-3-11(15)12(10)16-19(17,18)9-6-4-8(14)5-7-9/h1-7,16H. The quantitative estimate of drug-likeness (QED) is 0.923. The van der Waals surface area contributed by atoms with Gasteiger partial charge in [0.05, 0.1) is 10.6 Å². The number of nitrogens with one attached hydrogen (secondary N) is 1. The number of hydrogen-bond donors (Lipinski definition) is 1. The Morgan fingerprint density at radius 2 is 1.63 bits per heavy atom. The minimum atomic E-state index is -3.96. The van der Waals surface area contributed by atoms with Crippen LogP contribution in [0.25, 0.3) is 0 Å². The van der Waals surface area contributed by atoms with E-state index in [0.29, 0.717) is 0 Å². The summed E-state index contributed by atoms with van der Waals surface area (Å²) in [7, 11) is -3.96. The molecule has 0 unspecified atom stereocenters. The van der Waals surface area contributed by atoms with Gasteiger partial charge < -0.3 is 0 Å². The molecule has 100 valence electrons. The van der Waals surface area contributed by atoms with E-state index < -0.39 is 21.7 Å². The van der Waals surface area contributed by atoms with Crippen molar-refractivity contribution in [3.05, 3.63) is 58.6 Å². The Labute approximate surface area is 117 Å². The zero-order valence-corrected chi connectivity index (χ0v) is 11.8. The number of anilines is 1. The Morgan fingerprint density at radius 1 is 1.00 bits per heavy atom. The molecular weight excluding hydrogens is 340 g/mol. The van der Waals surface area contributed by atoms with Crippen molar-refractivity contribution in [3.63, 3.8) is 0 Å². The van der Waals surface area contributed by atoms with E-state index in [-0.39, 0.29) is 15.1 Å². The van der Waals surface area contributed by atoms with Crippen LogP contribution in [-0.4, -0.2) is 8.42 Å². The first kappa shape index (κ1) is 14.0. The molecule has 0 aromatic heterocycles. The third-order valence-corrected chi connectivity index (χ3v) is 4.35. The molecule has 2 aromatic rings. The second kappa shape index (κ2) is 5.26. The lowest BCUT2D eigenvalue weighted by Gasteiger charge is -2.10. The van der Waals surface area contributed by atoms with Gasteiger partial charge in [0.25, 0.3) is 10.0 Å². The molecule has 0 fully saturated rings. The van der Waals surface area contributed by atoms with Crippen molar-refractivity contribution in [2.75, 3.05) is 4.72 Å². The van der Waals surface area contributed by atoms with Crippen LogP contribution in [0.5, 0.6) is 0 Å². The van der Waals surface area contributed by atoms with Gasteiger partial charge in [-0.25, -0.2) is 17.2 Å². The molecule has 19 heavy (non-hydrogen) atoms. The van der Waals surface area contributed by atoms with Crippen molar-refractivity contribution in [1.82, 2.24) is 0 Å². The summed E-state index contributed by atoms with van der Waals surface area (Å²) in [5.41, 5.74) is -0.188. The Morgan fingerprint density at radius 3 is 2.21 bits per heavy atom. The van der Waals surface area contributed by atoms with Crippen LogP contribution >= 0.6 is 15.9 Å². The first-order valence-corrected chi connectivity index (χ1v) is 7.40. The molecule has 0 atom stereocenters. The first-order chi connectivity index (χ1) is 8.90. The van der Waals surface area contributed by atoms with Crippen molar-refractivity contribution in [2.24, 2.45) is 0 Å². The molecule has 1 N–H and O–H groups in total. The molecule has 0 aliphatic carbocycles. The topological polar surface area (TPSA) is 46.2 Å². The van der Waals surface area contributed by atoms with E-state index in [1.54, 1.807) is 0 Å². The van der Waals surface area contributed by atoms with Gasteiger partial charge in [-0.3, -0.25) is 4.72 Å². The molecule has 3 nitrogen and oxygen atoms in total. The van der Waals surface area contributed by atoms with E-state index in [4.69, 9.17) is 0 Å². The lowest BCUT2D eigenvalue weighted by atomic mass is 10.3. The highest BCUT2D eigenvalue weighted by molar-refractivity contribution is 9.10. The molecule has 2 aromatic carbocycles. The van der Waals surface area contributed by atoms with Crippen molar-refractivity contribution in [3.8, 4) is 0 Å². The molecular formula is C12H8BrF2NO2S. The van der Waals surface area contributed by atoms with Crippen LogP contribution in [0.4, 0.5) is 14.5 Å². The zero-order chi connectivity index (χ0) is 14.0. The summed E-state index contributed by atoms with van der Waals surface area (Å²) in [6.07, 6.45) is 0. The fraction of sp³-hybridized carbons (Fsp3) is 0. The third kappa shape index (κ3) is 3.10. The highest BCUT2D eigenvalue weighted by Gasteiger charge is 2.18. The van der Waals surface area contributed by atoms with Crippen LogP contribution < -0.4 is 4.72 Å². The number of para-hydroxylation sites is 1. The Balaban J connectivity index is 2.39. The normalized spacial score (nSPS) is 11.3. The minimum Gasteiger partial charge on any atom is -0.275 e. The first-order valence-electron chi connectivity index (χ1n) is 5.12. The average molecular weight is 348 g/mol. The summed E-state index contributed by atoms with van der Waals surface area (Å²) in [5, 5.41) is 0. The smallest absolute Gasteiger partial charge is 0.262 e. The summed E-state index contributed by atoms with van der Waals surface area (Å²) in [6.45, 7) is 0. The van der Waals surface area contributed by atoms with E-state index in [0.717, 1.165) is 30.3 Å². The van der Waals surface area contributed by atoms with Crippen LogP contribution in [0, 0.1) is 11.6 Å². The molecule has 0 saturated heterocycles. The number of rotatable bonds is 3. The van der Waals surface area contributed by atoms with Crippen LogP contribution in [0.1, 0.15) is 0 Å². The maximum absolute atomic E-state index is 13.5. The second-order valence-electron chi connectivity index (χ2n) is 3.66. The fourth-order valence-electron chi connectivity index (χ4n) is 1.40. The highest BCUT2D eigenvalue weighted by atomic mass is 79.9. The van der Waals surface area contributed by atoms with Gasteiger partial charge >= 0.3 is 0 Å². The third-order valence-electron chi connectivity index (χ3n) is 2.32. The molecule has 0 radical (unpaired) electrons. The molecule has 0 saturated carbocycles. The van der Waals surface area contributed by atoms with Gasteiger partial charge in [0, 0.05) is 4.47 Å². The van der Waals surface area contributed by atoms with Gasteiger partial charge in [-0.2, -0.15) is 0 Å². The SMILES string of the molecule is O=S(=O)(Nc1c(F)cccc1Br)c1ccc(F)cc1. The van der Waals surface area contributed by atoms with Crippen LogP contribution in [-0.2, 0) is 10.0 Å². The molecule has 0 heterocycles. The molecule has 0 aliphatic heterocycles. The van der Waals surface area contributed by atoms with Crippen LogP contribution in [0.2, 0.25) is 0 Å². The molecule has 0 bridgehead atoms. The van der Waals surface area contributed by atoms with E-state index in [9.17, 15) is 17.2 Å². The Kier molecular flexibility index (Phi) is 3.86. The molecule has 0 amide bonds. The van der Waals surface area contributed by atoms with E-state index in [1.165, 1.54) is 12.1 Å². The summed E-state index contributed by atoms with van der Waals surface area (Å²) in [4.78, 5) is -0.149. The summed E-state index contributed by atoms with van der Waals surface area (Å²) in [5.74, 6) is -1.26. The number of benzene rings is 2. The van der Waals surface area contributed by atoms with Gasteiger partial charge in [0.15, 0.2) is 0 Å². The summed E-state index contributed by atoms with van der Waals surface area (Å²) >= 11 is 3.06. The second-order valence-corrected chi connectivity index (χ2v) is 6.19. The molecule has 7 heteroatoms. The summed E-state index contributed by atoms with van der Waals surface area (Å²) < 4.78 is 52.7. The van der Waals surface area contributed by atoms with E-state index in [2.05, 4.69) is 20.7 Å². The van der Waals surface area contributed by atoms with Gasteiger partial charge in [0.1, 0.15) is 11.6 Å². The largest absolute Gasteiger partial charge is 0.275 e. The number of hydrogen-bond acceptors (Lipinski definition) is 2. The maximum atomic E-state index is 13.5. The van der Waals surface area contributed by atoms with Crippen molar-refractivity contribution in [1.29, 1.82) is 0 Å². The van der Waals surface area contributed by atoms with Crippen molar-refractivity contribution < 1.29 is 17.2 Å². The van der Waals surface area contributed by atoms with Gasteiger partial charge in [0.2, 0.25) is 0 Å². The lowest BCUT2D eigenvalue weighted by molar-refractivity contribution is 0.597. The minimum absolute atomic E-state index is 0.149. The van der Waals surface area contributed by atoms with Crippen molar-refractivity contribution >= 4 is 31.6 Å². The van der Waals surface area contributed by atoms with E-state index >= 15 is 0 Å². The summed E-state index contributed by atoms with van der Waals surface area (Å²) in [6, 6.07) is 8.32. The fourth-order valence-corrected chi connectivity index (χ4v) is 3.06. The van der Waals surface area contributed by atoms with E-state index in [1.807, 2.05) is 0 Å². The van der Waals surface area contributed by atoms with Crippen molar-refractivity contribution in [2.45, 2.75) is 4.90 Å². The molecule has 0 aliphatic rings. The predicted octanol–water partition coefficient (Wildman–Crippen LogP) is 3.53. The van der Waals surface area contributed by atoms with Crippen LogP contribution in [0.3, 0.4) is 0 Å². The monoisotopic (exact) mass is 347 g/mol. The van der Waals surface area contributed by atoms with Crippen LogP contribution in [0.15, 0.2) is 51.8 Å². The molecule has 2 rings (SSSR count). The molecule has 0 spiro atoms. The number of halogens is 3. The number of sulfonamides is 1. The maximum Gasteiger partial charge on any atom is 0.262 e. The Bertz CT molecular complexity index is 682. The lowest BCUT2D eigenvalue weighted by Crippen LogP contribution is -2.14. The van der Waals surface area contributed by atoms with Gasteiger partial charge in [-0.05, 0) is 52.3 Å². The highest BCUT2D eigenvalue weighted by Crippen LogP contribution is 2.27. The average Bonchev–Trinajstić information content (AvgIpc) is 2.35. The van der Waals surface area contributed by atoms with Gasteiger partial charge in [-0.1, -0.05) is 6.07 Å².